The number of unbranched alkanes of at least 4 members (excludes halogenated alkanes) is 2. The van der Waals surface area contributed by atoms with Gasteiger partial charge in [-0.1, -0.05) is 51.0 Å². The summed E-state index contributed by atoms with van der Waals surface area (Å²) in [5, 5.41) is 37.7. The van der Waals surface area contributed by atoms with E-state index in [1.807, 2.05) is 65.6 Å². The first-order chi connectivity index (χ1) is 20.4. The molecule has 2 N–H and O–H groups in total. The van der Waals surface area contributed by atoms with Crippen molar-refractivity contribution in [2.45, 2.75) is 52.4 Å². The molecule has 0 aliphatic carbocycles. The van der Waals surface area contributed by atoms with Crippen LogP contribution in [0.5, 0.6) is 0 Å². The average molecular weight is 559 g/mol. The van der Waals surface area contributed by atoms with Crippen LogP contribution in [0.4, 0.5) is 45.8 Å². The van der Waals surface area contributed by atoms with Gasteiger partial charge < -0.3 is 10.6 Å². The van der Waals surface area contributed by atoms with E-state index in [1.54, 1.807) is 6.07 Å². The van der Waals surface area contributed by atoms with Gasteiger partial charge >= 0.3 is 0 Å². The molecule has 0 bridgehead atoms. The van der Waals surface area contributed by atoms with Crippen molar-refractivity contribution in [2.75, 3.05) is 15.5 Å². The summed E-state index contributed by atoms with van der Waals surface area (Å²) in [4.78, 5) is 22.4. The third kappa shape index (κ3) is 5.70. The van der Waals surface area contributed by atoms with Gasteiger partial charge in [0.1, 0.15) is 17.8 Å². The van der Waals surface area contributed by atoms with Crippen molar-refractivity contribution in [1.29, 1.82) is 10.5 Å². The number of fused-ring (bicyclic) bond motifs is 2. The lowest BCUT2D eigenvalue weighted by Gasteiger charge is -2.32. The van der Waals surface area contributed by atoms with Gasteiger partial charge in [0.2, 0.25) is 0 Å². The van der Waals surface area contributed by atoms with Gasteiger partial charge in [0.05, 0.1) is 16.3 Å². The van der Waals surface area contributed by atoms with Crippen LogP contribution in [0.3, 0.4) is 0 Å². The maximum absolute atomic E-state index is 12.2. The largest absolute Gasteiger partial charge is 0.350 e. The molecule has 0 spiro atoms. The lowest BCUT2D eigenvalue weighted by Crippen LogP contribution is -2.21. The molecule has 0 radical (unpaired) electrons. The van der Waals surface area contributed by atoms with Gasteiger partial charge in [-0.3, -0.25) is 15.0 Å². The van der Waals surface area contributed by atoms with Crippen LogP contribution >= 0.6 is 0 Å². The highest BCUT2D eigenvalue weighted by molar-refractivity contribution is 5.97. The molecule has 10 nitrogen and oxygen atoms in total. The highest BCUT2D eigenvalue weighted by Gasteiger charge is 2.31. The molecule has 0 saturated heterocycles. The quantitative estimate of drug-likeness (QED) is 0.128. The lowest BCUT2D eigenvalue weighted by atomic mass is 10.1. The number of nitrogens with zero attached hydrogens (tertiary/aromatic N) is 6. The summed E-state index contributed by atoms with van der Waals surface area (Å²) >= 11 is 0. The van der Waals surface area contributed by atoms with E-state index >= 15 is 0 Å². The molecule has 42 heavy (non-hydrogen) atoms. The zero-order chi connectivity index (χ0) is 29.6. The fourth-order valence-corrected chi connectivity index (χ4v) is 4.92. The smallest absolute Gasteiger partial charge is 0.294 e. The Hall–Kier alpha value is -5.48. The number of rotatable bonds is 10. The third-order valence-corrected chi connectivity index (χ3v) is 7.17. The van der Waals surface area contributed by atoms with Crippen molar-refractivity contribution >= 4 is 45.8 Å². The maximum Gasteiger partial charge on any atom is 0.294 e. The first kappa shape index (κ1) is 28.1. The Kier molecular flexibility index (Phi) is 8.26. The average Bonchev–Trinajstić information content (AvgIpc) is 3.01. The number of anilines is 7. The standard InChI is InChI=1S/C32H30N8O2/c1-3-5-7-21-9-13-23(14-10-21)35-26-17-29-25(18-30(26)40(41)42)36-31-32(38-28(20-34)27(19-33)37-31)39(29)24-15-11-22(12-16-24)8-6-4-2/h9-18,35H,3-8H2,1-2H3,(H,36,37). The second-order valence-electron chi connectivity index (χ2n) is 10.1. The molecule has 2 heterocycles. The van der Waals surface area contributed by atoms with E-state index in [9.17, 15) is 20.6 Å². The van der Waals surface area contributed by atoms with Crippen LogP contribution in [-0.4, -0.2) is 14.9 Å². The predicted molar refractivity (Wildman–Crippen MR) is 163 cm³/mol. The highest BCUT2D eigenvalue weighted by Crippen LogP contribution is 2.49. The molecule has 0 amide bonds. The van der Waals surface area contributed by atoms with Crippen molar-refractivity contribution in [3.63, 3.8) is 0 Å². The zero-order valence-corrected chi connectivity index (χ0v) is 23.5. The van der Waals surface area contributed by atoms with Crippen LogP contribution in [0.1, 0.15) is 62.0 Å². The first-order valence-electron chi connectivity index (χ1n) is 14.0. The van der Waals surface area contributed by atoms with E-state index < -0.39 is 4.92 Å². The molecule has 4 aromatic rings. The third-order valence-electron chi connectivity index (χ3n) is 7.17. The minimum absolute atomic E-state index is 0.102. The van der Waals surface area contributed by atoms with E-state index in [-0.39, 0.29) is 22.9 Å². The minimum atomic E-state index is -0.437. The van der Waals surface area contributed by atoms with Crippen molar-refractivity contribution in [3.8, 4) is 12.1 Å². The van der Waals surface area contributed by atoms with Crippen molar-refractivity contribution in [2.24, 2.45) is 0 Å². The van der Waals surface area contributed by atoms with E-state index in [1.165, 1.54) is 17.2 Å². The van der Waals surface area contributed by atoms with Crippen molar-refractivity contribution < 1.29 is 4.92 Å². The van der Waals surface area contributed by atoms with Crippen molar-refractivity contribution in [3.05, 3.63) is 93.3 Å². The molecule has 0 unspecified atom stereocenters. The Labute approximate surface area is 244 Å². The summed E-state index contributed by atoms with van der Waals surface area (Å²) in [5.41, 5.74) is 4.81. The Balaban J connectivity index is 1.62. The van der Waals surface area contributed by atoms with Crippen LogP contribution in [0.2, 0.25) is 0 Å². The van der Waals surface area contributed by atoms with Gasteiger partial charge in [0, 0.05) is 17.4 Å². The molecular weight excluding hydrogens is 528 g/mol. The molecule has 0 fully saturated rings. The number of aryl methyl sites for hydroxylation is 2. The second-order valence-corrected chi connectivity index (χ2v) is 10.1. The Morgan fingerprint density at radius 1 is 0.905 bits per heavy atom. The topological polar surface area (TPSA) is 144 Å². The molecule has 210 valence electrons. The molecule has 10 heteroatoms. The SMILES string of the molecule is CCCCc1ccc(Nc2cc3c(cc2[N+](=O)[O-])Nc2nc(C#N)c(C#N)nc2N3c2ccc(CCCC)cc2)cc1. The molecule has 1 aliphatic rings. The van der Waals surface area contributed by atoms with Crippen LogP contribution < -0.4 is 15.5 Å². The van der Waals surface area contributed by atoms with Crippen molar-refractivity contribution in [1.82, 2.24) is 9.97 Å². The number of nitriles is 2. The molecule has 0 atom stereocenters. The van der Waals surface area contributed by atoms with Gasteiger partial charge in [0.25, 0.3) is 5.69 Å². The number of aromatic nitrogens is 2. The van der Waals surface area contributed by atoms with E-state index in [0.717, 1.165) is 49.9 Å². The summed E-state index contributed by atoms with van der Waals surface area (Å²) in [6.45, 7) is 4.30. The summed E-state index contributed by atoms with van der Waals surface area (Å²) in [5.74, 6) is 0.547. The van der Waals surface area contributed by atoms with Crippen LogP contribution in [0, 0.1) is 32.8 Å². The molecule has 0 saturated carbocycles. The van der Waals surface area contributed by atoms with Gasteiger partial charge in [-0.05, 0) is 67.1 Å². The molecule has 1 aliphatic heterocycles. The van der Waals surface area contributed by atoms with Gasteiger partial charge in [-0.15, -0.1) is 0 Å². The van der Waals surface area contributed by atoms with Crippen LogP contribution in [0.25, 0.3) is 0 Å². The fraction of sp³-hybridized carbons (Fsp3) is 0.250. The molecule has 3 aromatic carbocycles. The molecular formula is C32H30N8O2. The maximum atomic E-state index is 12.2. The van der Waals surface area contributed by atoms with Gasteiger partial charge in [-0.25, -0.2) is 9.97 Å². The van der Waals surface area contributed by atoms with Crippen LogP contribution in [0.15, 0.2) is 60.7 Å². The number of nitro benzene ring substituents is 1. The summed E-state index contributed by atoms with van der Waals surface area (Å²) in [6, 6.07) is 22.9. The molecule has 5 rings (SSSR count). The number of hydrogen-bond donors (Lipinski definition) is 2. The number of hydrogen-bond acceptors (Lipinski definition) is 9. The lowest BCUT2D eigenvalue weighted by molar-refractivity contribution is -0.383. The summed E-state index contributed by atoms with van der Waals surface area (Å²) < 4.78 is 0. The van der Waals surface area contributed by atoms with E-state index in [4.69, 9.17) is 0 Å². The second kappa shape index (κ2) is 12.4. The minimum Gasteiger partial charge on any atom is -0.350 e. The summed E-state index contributed by atoms with van der Waals surface area (Å²) in [7, 11) is 0. The number of nitro groups is 1. The number of nitrogens with one attached hydrogen (secondary N) is 2. The normalized spacial score (nSPS) is 11.5. The van der Waals surface area contributed by atoms with Gasteiger partial charge in [-0.2, -0.15) is 10.5 Å². The summed E-state index contributed by atoms with van der Waals surface area (Å²) in [6.07, 6.45) is 6.29. The zero-order valence-electron chi connectivity index (χ0n) is 23.5. The Morgan fingerprint density at radius 3 is 2.07 bits per heavy atom. The van der Waals surface area contributed by atoms with Gasteiger partial charge in [0.15, 0.2) is 23.0 Å². The van der Waals surface area contributed by atoms with E-state index in [0.29, 0.717) is 22.9 Å². The Morgan fingerprint density at radius 2 is 1.50 bits per heavy atom. The first-order valence-corrected chi connectivity index (χ1v) is 14.0. The van der Waals surface area contributed by atoms with E-state index in [2.05, 4.69) is 34.4 Å². The predicted octanol–water partition coefficient (Wildman–Crippen LogP) is 8.08. The number of benzene rings is 3. The monoisotopic (exact) mass is 558 g/mol. The molecule has 1 aromatic heterocycles. The Bertz CT molecular complexity index is 1700. The fourth-order valence-electron chi connectivity index (χ4n) is 4.92. The highest BCUT2D eigenvalue weighted by atomic mass is 16.6. The van der Waals surface area contributed by atoms with Crippen LogP contribution in [-0.2, 0) is 12.8 Å².